The maximum atomic E-state index is 11.7. The van der Waals surface area contributed by atoms with Gasteiger partial charge in [0.25, 0.3) is 0 Å². The molecule has 0 saturated carbocycles. The number of amides is 1. The Balaban J connectivity index is 2.10. The van der Waals surface area contributed by atoms with Crippen LogP contribution in [-0.2, 0) is 14.3 Å². The van der Waals surface area contributed by atoms with Gasteiger partial charge in [0, 0.05) is 6.54 Å². The number of hydrogen-bond acceptors (Lipinski definition) is 3. The van der Waals surface area contributed by atoms with E-state index in [0.717, 1.165) is 6.42 Å². The van der Waals surface area contributed by atoms with Crippen LogP contribution in [0.25, 0.3) is 0 Å². The Labute approximate surface area is 102 Å². The molecule has 5 heteroatoms. The highest BCUT2D eigenvalue weighted by Gasteiger charge is 2.27. The van der Waals surface area contributed by atoms with Crippen molar-refractivity contribution < 1.29 is 19.4 Å². The first-order chi connectivity index (χ1) is 8.00. The van der Waals surface area contributed by atoms with Crippen LogP contribution in [0.4, 0.5) is 0 Å². The van der Waals surface area contributed by atoms with E-state index in [1.807, 2.05) is 6.92 Å². The Morgan fingerprint density at radius 2 is 2.24 bits per heavy atom. The highest BCUT2D eigenvalue weighted by Crippen LogP contribution is 2.18. The predicted octanol–water partition coefficient (Wildman–Crippen LogP) is 1.03. The minimum Gasteiger partial charge on any atom is -0.481 e. The molecule has 3 atom stereocenters. The van der Waals surface area contributed by atoms with Crippen molar-refractivity contribution in [2.24, 2.45) is 11.8 Å². The van der Waals surface area contributed by atoms with E-state index in [9.17, 15) is 9.59 Å². The van der Waals surface area contributed by atoms with Gasteiger partial charge in [-0.3, -0.25) is 9.59 Å². The van der Waals surface area contributed by atoms with Gasteiger partial charge in [-0.15, -0.1) is 0 Å². The molecular formula is C12H21NO4. The Morgan fingerprint density at radius 1 is 1.53 bits per heavy atom. The zero-order valence-corrected chi connectivity index (χ0v) is 10.4. The number of carboxylic acid groups (broad SMARTS) is 1. The minimum atomic E-state index is -0.783. The Kier molecular flexibility index (Phi) is 5.41. The van der Waals surface area contributed by atoms with Crippen molar-refractivity contribution in [2.45, 2.75) is 39.2 Å². The van der Waals surface area contributed by atoms with Gasteiger partial charge in [0.2, 0.25) is 5.91 Å². The lowest BCUT2D eigenvalue weighted by atomic mass is 10.0. The van der Waals surface area contributed by atoms with E-state index in [0.29, 0.717) is 26.0 Å². The van der Waals surface area contributed by atoms with E-state index < -0.39 is 5.97 Å². The lowest BCUT2D eigenvalue weighted by Crippen LogP contribution is -2.32. The van der Waals surface area contributed by atoms with Gasteiger partial charge in [-0.05, 0) is 26.2 Å². The van der Waals surface area contributed by atoms with Crippen LogP contribution in [0.3, 0.4) is 0 Å². The fourth-order valence-corrected chi connectivity index (χ4v) is 1.89. The second-order valence-corrected chi connectivity index (χ2v) is 4.75. The molecule has 1 rings (SSSR count). The number of nitrogens with one attached hydrogen (secondary N) is 1. The summed E-state index contributed by atoms with van der Waals surface area (Å²) in [6.07, 6.45) is 2.23. The van der Waals surface area contributed by atoms with E-state index in [1.54, 1.807) is 6.92 Å². The molecular weight excluding hydrogens is 222 g/mol. The molecule has 5 nitrogen and oxygen atoms in total. The molecule has 1 fully saturated rings. The van der Waals surface area contributed by atoms with Crippen LogP contribution < -0.4 is 5.32 Å². The molecule has 0 aliphatic carbocycles. The smallest absolute Gasteiger partial charge is 0.306 e. The van der Waals surface area contributed by atoms with Crippen LogP contribution in [0.1, 0.15) is 33.1 Å². The van der Waals surface area contributed by atoms with Crippen molar-refractivity contribution in [1.29, 1.82) is 0 Å². The van der Waals surface area contributed by atoms with Crippen molar-refractivity contribution >= 4 is 11.9 Å². The Morgan fingerprint density at radius 3 is 2.76 bits per heavy atom. The standard InChI is InChI=1S/C12H21NO4/c1-8(12(15)16)4-3-5-13-11(14)10-6-9(2)17-7-10/h8-10H,3-7H2,1-2H3,(H,13,14)(H,15,16). The van der Waals surface area contributed by atoms with Crippen LogP contribution in [0, 0.1) is 11.8 Å². The molecule has 2 N–H and O–H groups in total. The van der Waals surface area contributed by atoms with Crippen LogP contribution in [0.5, 0.6) is 0 Å². The van der Waals surface area contributed by atoms with Gasteiger partial charge in [0.05, 0.1) is 24.5 Å². The van der Waals surface area contributed by atoms with Gasteiger partial charge >= 0.3 is 5.97 Å². The number of carbonyl (C=O) groups is 2. The lowest BCUT2D eigenvalue weighted by molar-refractivity contribution is -0.141. The Bertz CT molecular complexity index is 280. The number of rotatable bonds is 6. The number of carbonyl (C=O) groups excluding carboxylic acids is 1. The number of ether oxygens (including phenoxy) is 1. The van der Waals surface area contributed by atoms with E-state index in [1.165, 1.54) is 0 Å². The first kappa shape index (κ1) is 14.0. The zero-order valence-electron chi connectivity index (χ0n) is 10.4. The molecule has 0 bridgehead atoms. The SMILES string of the molecule is CC1CC(C(=O)NCCCC(C)C(=O)O)CO1. The average Bonchev–Trinajstić information content (AvgIpc) is 2.70. The molecule has 1 aliphatic heterocycles. The van der Waals surface area contributed by atoms with Gasteiger partial charge in [-0.1, -0.05) is 6.92 Å². The van der Waals surface area contributed by atoms with E-state index in [4.69, 9.17) is 9.84 Å². The summed E-state index contributed by atoms with van der Waals surface area (Å²) in [4.78, 5) is 22.2. The van der Waals surface area contributed by atoms with Crippen molar-refractivity contribution in [2.75, 3.05) is 13.2 Å². The molecule has 1 amide bonds. The van der Waals surface area contributed by atoms with Crippen molar-refractivity contribution in [1.82, 2.24) is 5.32 Å². The number of aliphatic carboxylic acids is 1. The summed E-state index contributed by atoms with van der Waals surface area (Å²) in [7, 11) is 0. The van der Waals surface area contributed by atoms with Crippen LogP contribution in [0.2, 0.25) is 0 Å². The summed E-state index contributed by atoms with van der Waals surface area (Å²) in [5.41, 5.74) is 0. The molecule has 0 spiro atoms. The molecule has 3 unspecified atom stereocenters. The molecule has 0 aromatic rings. The van der Waals surface area contributed by atoms with E-state index in [-0.39, 0.29) is 23.8 Å². The number of hydrogen-bond donors (Lipinski definition) is 2. The quantitative estimate of drug-likeness (QED) is 0.683. The maximum Gasteiger partial charge on any atom is 0.306 e. The largest absolute Gasteiger partial charge is 0.481 e. The summed E-state index contributed by atoms with van der Waals surface area (Å²) in [5, 5.41) is 11.5. The predicted molar refractivity (Wildman–Crippen MR) is 62.6 cm³/mol. The molecule has 1 heterocycles. The fourth-order valence-electron chi connectivity index (χ4n) is 1.89. The monoisotopic (exact) mass is 243 g/mol. The van der Waals surface area contributed by atoms with E-state index in [2.05, 4.69) is 5.32 Å². The fraction of sp³-hybridized carbons (Fsp3) is 0.833. The summed E-state index contributed by atoms with van der Waals surface area (Å²) in [6, 6.07) is 0. The molecule has 0 aromatic heterocycles. The van der Waals surface area contributed by atoms with Gasteiger partial charge in [-0.2, -0.15) is 0 Å². The maximum absolute atomic E-state index is 11.7. The Hall–Kier alpha value is -1.10. The van der Waals surface area contributed by atoms with Crippen molar-refractivity contribution in [3.63, 3.8) is 0 Å². The molecule has 0 radical (unpaired) electrons. The molecule has 17 heavy (non-hydrogen) atoms. The normalized spacial score (nSPS) is 25.5. The van der Waals surface area contributed by atoms with Crippen LogP contribution in [0.15, 0.2) is 0 Å². The lowest BCUT2D eigenvalue weighted by Gasteiger charge is -2.10. The number of carboxylic acids is 1. The van der Waals surface area contributed by atoms with Gasteiger partial charge in [0.15, 0.2) is 0 Å². The highest BCUT2D eigenvalue weighted by atomic mass is 16.5. The zero-order chi connectivity index (χ0) is 12.8. The highest BCUT2D eigenvalue weighted by molar-refractivity contribution is 5.79. The second-order valence-electron chi connectivity index (χ2n) is 4.75. The van der Waals surface area contributed by atoms with Crippen molar-refractivity contribution in [3.05, 3.63) is 0 Å². The van der Waals surface area contributed by atoms with Gasteiger partial charge < -0.3 is 15.2 Å². The van der Waals surface area contributed by atoms with Gasteiger partial charge in [-0.25, -0.2) is 0 Å². The third-order valence-electron chi connectivity index (χ3n) is 3.10. The summed E-state index contributed by atoms with van der Waals surface area (Å²) < 4.78 is 5.32. The topological polar surface area (TPSA) is 75.6 Å². The van der Waals surface area contributed by atoms with E-state index >= 15 is 0 Å². The minimum absolute atomic E-state index is 0.0253. The van der Waals surface area contributed by atoms with Crippen molar-refractivity contribution in [3.8, 4) is 0 Å². The summed E-state index contributed by atoms with van der Waals surface area (Å²) >= 11 is 0. The second kappa shape index (κ2) is 6.59. The van der Waals surface area contributed by atoms with Gasteiger partial charge in [0.1, 0.15) is 0 Å². The molecule has 0 aromatic carbocycles. The summed E-state index contributed by atoms with van der Waals surface area (Å²) in [6.45, 7) is 4.68. The van der Waals surface area contributed by atoms with Crippen LogP contribution in [-0.4, -0.2) is 36.2 Å². The first-order valence-electron chi connectivity index (χ1n) is 6.12. The third kappa shape index (κ3) is 4.73. The summed E-state index contributed by atoms with van der Waals surface area (Å²) in [5.74, 6) is -1.14. The molecule has 1 aliphatic rings. The molecule has 98 valence electrons. The average molecular weight is 243 g/mol. The van der Waals surface area contributed by atoms with Crippen LogP contribution >= 0.6 is 0 Å². The molecule has 1 saturated heterocycles. The third-order valence-corrected chi connectivity index (χ3v) is 3.10. The first-order valence-corrected chi connectivity index (χ1v) is 6.12.